The van der Waals surface area contributed by atoms with Gasteiger partial charge in [0.15, 0.2) is 0 Å². The molecule has 6 heteroatoms. The lowest BCUT2D eigenvalue weighted by Gasteiger charge is -2.26. The van der Waals surface area contributed by atoms with E-state index in [1.165, 1.54) is 0 Å². The average Bonchev–Trinajstić information content (AvgIpc) is 2.61. The number of urea groups is 1. The molecule has 110 valence electrons. The Balaban J connectivity index is 2.55. The van der Waals surface area contributed by atoms with Crippen LogP contribution in [0.25, 0.3) is 0 Å². The summed E-state index contributed by atoms with van der Waals surface area (Å²) in [7, 11) is 1.75. The average molecular weight is 288 g/mol. The second kappa shape index (κ2) is 8.30. The predicted molar refractivity (Wildman–Crippen MR) is 77.5 cm³/mol. The zero-order valence-electron chi connectivity index (χ0n) is 11.7. The van der Waals surface area contributed by atoms with Gasteiger partial charge >= 0.3 is 12.0 Å². The lowest BCUT2D eigenvalue weighted by Crippen LogP contribution is -2.48. The number of nitrogens with one attached hydrogen (secondary N) is 1. The summed E-state index contributed by atoms with van der Waals surface area (Å²) in [5, 5.41) is 12.2. The Morgan fingerprint density at radius 2 is 2.00 bits per heavy atom. The van der Waals surface area contributed by atoms with Crippen LogP contribution in [-0.2, 0) is 4.79 Å². The van der Waals surface area contributed by atoms with Gasteiger partial charge in [0.2, 0.25) is 0 Å². The minimum absolute atomic E-state index is 0.160. The molecule has 1 rings (SSSR count). The Kier molecular flexibility index (Phi) is 7.05. The number of rotatable bonds is 5. The van der Waals surface area contributed by atoms with Crippen LogP contribution in [0.1, 0.15) is 32.1 Å². The molecular formula is C13H24N2O3S. The number of thioether (sulfide) groups is 1. The molecular weight excluding hydrogens is 264 g/mol. The van der Waals surface area contributed by atoms with Gasteiger partial charge in [-0.25, -0.2) is 4.79 Å². The molecule has 0 aromatic carbocycles. The molecule has 0 spiro atoms. The number of hydrogen-bond donors (Lipinski definition) is 2. The van der Waals surface area contributed by atoms with E-state index < -0.39 is 11.9 Å². The third kappa shape index (κ3) is 5.30. The molecule has 0 aromatic heterocycles. The van der Waals surface area contributed by atoms with Crippen molar-refractivity contribution < 1.29 is 14.7 Å². The summed E-state index contributed by atoms with van der Waals surface area (Å²) in [4.78, 5) is 24.9. The summed E-state index contributed by atoms with van der Waals surface area (Å²) < 4.78 is 0. The van der Waals surface area contributed by atoms with Crippen molar-refractivity contribution in [3.05, 3.63) is 0 Å². The Morgan fingerprint density at radius 1 is 1.32 bits per heavy atom. The van der Waals surface area contributed by atoms with Gasteiger partial charge < -0.3 is 15.3 Å². The monoisotopic (exact) mass is 288 g/mol. The fourth-order valence-corrected chi connectivity index (χ4v) is 2.83. The lowest BCUT2D eigenvalue weighted by atomic mass is 9.95. The molecule has 0 radical (unpaired) electrons. The Bertz CT molecular complexity index is 312. The zero-order valence-corrected chi connectivity index (χ0v) is 12.5. The highest BCUT2D eigenvalue weighted by Crippen LogP contribution is 2.24. The molecule has 0 heterocycles. The van der Waals surface area contributed by atoms with Crippen molar-refractivity contribution in [2.45, 2.75) is 38.1 Å². The molecule has 1 fully saturated rings. The van der Waals surface area contributed by atoms with Crippen LogP contribution in [0.3, 0.4) is 0 Å². The maximum Gasteiger partial charge on any atom is 0.317 e. The normalized spacial score (nSPS) is 23.5. The lowest BCUT2D eigenvalue weighted by molar-refractivity contribution is -0.142. The minimum Gasteiger partial charge on any atom is -0.481 e. The number of aliphatic carboxylic acids is 1. The van der Waals surface area contributed by atoms with Gasteiger partial charge in [0.1, 0.15) is 0 Å². The van der Waals surface area contributed by atoms with Crippen LogP contribution < -0.4 is 5.32 Å². The predicted octanol–water partition coefficient (Wildman–Crippen LogP) is 2.02. The second-order valence-corrected chi connectivity index (χ2v) is 6.04. The van der Waals surface area contributed by atoms with Crippen LogP contribution in [0.4, 0.5) is 4.79 Å². The molecule has 1 saturated carbocycles. The highest BCUT2D eigenvalue weighted by atomic mass is 32.2. The van der Waals surface area contributed by atoms with E-state index in [9.17, 15) is 14.7 Å². The number of carbonyl (C=O) groups is 2. The molecule has 0 aliphatic heterocycles. The first-order chi connectivity index (χ1) is 9.06. The molecule has 5 nitrogen and oxygen atoms in total. The largest absolute Gasteiger partial charge is 0.481 e. The second-order valence-electron chi connectivity index (χ2n) is 5.05. The van der Waals surface area contributed by atoms with Gasteiger partial charge in [-0.1, -0.05) is 19.3 Å². The highest BCUT2D eigenvalue weighted by Gasteiger charge is 2.31. The van der Waals surface area contributed by atoms with Crippen LogP contribution >= 0.6 is 11.8 Å². The van der Waals surface area contributed by atoms with E-state index in [-0.39, 0.29) is 12.1 Å². The first-order valence-corrected chi connectivity index (χ1v) is 8.19. The summed E-state index contributed by atoms with van der Waals surface area (Å²) in [6, 6.07) is -0.392. The highest BCUT2D eigenvalue weighted by molar-refractivity contribution is 7.98. The van der Waals surface area contributed by atoms with Crippen LogP contribution in [0.2, 0.25) is 0 Å². The molecule has 2 N–H and O–H groups in total. The van der Waals surface area contributed by atoms with Crippen molar-refractivity contribution >= 4 is 23.8 Å². The summed E-state index contributed by atoms with van der Waals surface area (Å²) in [5.74, 6) is -0.351. The molecule has 1 aliphatic rings. The standard InChI is InChI=1S/C13H24N2O3S/c1-15(8-9-19-2)13(18)14-11-7-5-3-4-6-10(11)12(16)17/h10-11H,3-9H2,1-2H3,(H,14,18)(H,16,17). The van der Waals surface area contributed by atoms with Gasteiger partial charge in [-0.2, -0.15) is 11.8 Å². The minimum atomic E-state index is -0.793. The Labute approximate surface area is 119 Å². The van der Waals surface area contributed by atoms with Crippen molar-refractivity contribution in [3.63, 3.8) is 0 Å². The molecule has 2 unspecified atom stereocenters. The van der Waals surface area contributed by atoms with E-state index in [1.807, 2.05) is 6.26 Å². The Hall–Kier alpha value is -0.910. The summed E-state index contributed by atoms with van der Waals surface area (Å²) in [6.45, 7) is 0.678. The van der Waals surface area contributed by atoms with E-state index in [2.05, 4.69) is 5.32 Å². The number of carbonyl (C=O) groups excluding carboxylic acids is 1. The van der Waals surface area contributed by atoms with E-state index in [1.54, 1.807) is 23.7 Å². The van der Waals surface area contributed by atoms with Crippen molar-refractivity contribution in [1.29, 1.82) is 0 Å². The molecule has 1 aliphatic carbocycles. The van der Waals surface area contributed by atoms with Crippen LogP contribution in [-0.4, -0.2) is 53.6 Å². The number of hydrogen-bond acceptors (Lipinski definition) is 3. The molecule has 0 aromatic rings. The number of nitrogens with zero attached hydrogens (tertiary/aromatic N) is 1. The Morgan fingerprint density at radius 3 is 2.63 bits per heavy atom. The van der Waals surface area contributed by atoms with Gasteiger partial charge in [0, 0.05) is 25.4 Å². The summed E-state index contributed by atoms with van der Waals surface area (Å²) in [6.07, 6.45) is 6.40. The topological polar surface area (TPSA) is 69.6 Å². The van der Waals surface area contributed by atoms with Crippen molar-refractivity contribution in [2.75, 3.05) is 25.6 Å². The summed E-state index contributed by atoms with van der Waals surface area (Å²) >= 11 is 1.69. The SMILES string of the molecule is CSCCN(C)C(=O)NC1CCCCCC1C(=O)O. The fraction of sp³-hybridized carbons (Fsp3) is 0.846. The van der Waals surface area contributed by atoms with Crippen LogP contribution in [0, 0.1) is 5.92 Å². The van der Waals surface area contributed by atoms with Gasteiger partial charge in [0.25, 0.3) is 0 Å². The smallest absolute Gasteiger partial charge is 0.317 e. The molecule has 19 heavy (non-hydrogen) atoms. The first-order valence-electron chi connectivity index (χ1n) is 6.79. The van der Waals surface area contributed by atoms with Gasteiger partial charge in [-0.3, -0.25) is 4.79 Å². The van der Waals surface area contributed by atoms with Gasteiger partial charge in [-0.15, -0.1) is 0 Å². The van der Waals surface area contributed by atoms with Gasteiger partial charge in [-0.05, 0) is 19.1 Å². The van der Waals surface area contributed by atoms with Crippen LogP contribution in [0.15, 0.2) is 0 Å². The maximum absolute atomic E-state index is 12.0. The fourth-order valence-electron chi connectivity index (χ4n) is 2.37. The van der Waals surface area contributed by atoms with Gasteiger partial charge in [0.05, 0.1) is 5.92 Å². The van der Waals surface area contributed by atoms with E-state index in [0.717, 1.165) is 31.4 Å². The van der Waals surface area contributed by atoms with E-state index in [0.29, 0.717) is 13.0 Å². The molecule has 2 amide bonds. The van der Waals surface area contributed by atoms with Crippen molar-refractivity contribution in [1.82, 2.24) is 10.2 Å². The molecule has 0 saturated heterocycles. The van der Waals surface area contributed by atoms with E-state index >= 15 is 0 Å². The number of amides is 2. The molecule has 0 bridgehead atoms. The van der Waals surface area contributed by atoms with Crippen LogP contribution in [0.5, 0.6) is 0 Å². The number of carboxylic acid groups (broad SMARTS) is 1. The van der Waals surface area contributed by atoms with Crippen molar-refractivity contribution in [3.8, 4) is 0 Å². The zero-order chi connectivity index (χ0) is 14.3. The third-order valence-electron chi connectivity index (χ3n) is 3.62. The number of carboxylic acids is 1. The maximum atomic E-state index is 12.0. The first kappa shape index (κ1) is 16.1. The summed E-state index contributed by atoms with van der Waals surface area (Å²) in [5.41, 5.74) is 0. The third-order valence-corrected chi connectivity index (χ3v) is 4.21. The van der Waals surface area contributed by atoms with Crippen molar-refractivity contribution in [2.24, 2.45) is 5.92 Å². The quantitative estimate of drug-likeness (QED) is 0.759. The van der Waals surface area contributed by atoms with E-state index in [4.69, 9.17) is 0 Å². The molecule has 2 atom stereocenters.